The van der Waals surface area contributed by atoms with Gasteiger partial charge in [-0.3, -0.25) is 14.6 Å². The number of benzene rings is 1. The number of likely N-dealkylation sites (N-methyl/N-ethyl adjacent to an activating group) is 1. The van der Waals surface area contributed by atoms with E-state index >= 15 is 0 Å². The lowest BCUT2D eigenvalue weighted by molar-refractivity contribution is -0.126. The van der Waals surface area contributed by atoms with Crippen LogP contribution in [0, 0.1) is 6.92 Å². The summed E-state index contributed by atoms with van der Waals surface area (Å²) in [6, 6.07) is 8.76. The number of hydrogen-bond donors (Lipinski definition) is 2. The summed E-state index contributed by atoms with van der Waals surface area (Å²) in [5, 5.41) is 4.09. The Morgan fingerprint density at radius 3 is 2.89 bits per heavy atom. The number of carbonyl (C=O) groups excluding carboxylic acids is 2. The Balaban J connectivity index is 1.78. The van der Waals surface area contributed by atoms with E-state index in [0.29, 0.717) is 48.1 Å². The van der Waals surface area contributed by atoms with E-state index in [1.165, 1.54) is 0 Å². The Morgan fingerprint density at radius 1 is 1.31 bits per heavy atom. The molecule has 1 aliphatic heterocycles. The lowest BCUT2D eigenvalue weighted by atomic mass is 10.1. The highest BCUT2D eigenvalue weighted by atomic mass is 16.5. The summed E-state index contributed by atoms with van der Waals surface area (Å²) < 4.78 is 7.63. The number of aromatic nitrogens is 3. The number of imidazole rings is 1. The molecule has 3 N–H and O–H groups in total. The van der Waals surface area contributed by atoms with Crippen molar-refractivity contribution in [2.24, 2.45) is 5.84 Å². The molecule has 0 bridgehead atoms. The largest absolute Gasteiger partial charge is 0.494 e. The number of amides is 2. The van der Waals surface area contributed by atoms with Gasteiger partial charge in [0.05, 0.1) is 18.7 Å². The maximum absolute atomic E-state index is 13.4. The smallest absolute Gasteiger partial charge is 0.275 e. The van der Waals surface area contributed by atoms with E-state index in [9.17, 15) is 9.59 Å². The Morgan fingerprint density at radius 2 is 2.14 bits per heavy atom. The fourth-order valence-corrected chi connectivity index (χ4v) is 4.61. The third kappa shape index (κ3) is 5.24. The molecular weight excluding hydrogens is 458 g/mol. The van der Waals surface area contributed by atoms with Crippen LogP contribution >= 0.6 is 0 Å². The minimum Gasteiger partial charge on any atom is -0.494 e. The molecule has 190 valence electrons. The summed E-state index contributed by atoms with van der Waals surface area (Å²) >= 11 is 0. The van der Waals surface area contributed by atoms with E-state index in [-0.39, 0.29) is 11.9 Å². The molecule has 3 aromatic rings. The van der Waals surface area contributed by atoms with Gasteiger partial charge in [0, 0.05) is 43.2 Å². The zero-order valence-electron chi connectivity index (χ0n) is 21.0. The van der Waals surface area contributed by atoms with Crippen LogP contribution in [-0.2, 0) is 4.79 Å². The normalized spacial score (nSPS) is 16.3. The summed E-state index contributed by atoms with van der Waals surface area (Å²) in [5.41, 5.74) is 2.54. The van der Waals surface area contributed by atoms with E-state index in [1.807, 2.05) is 47.7 Å². The Bertz CT molecular complexity index is 1270. The van der Waals surface area contributed by atoms with Crippen molar-refractivity contribution in [3.63, 3.8) is 0 Å². The second-order valence-corrected chi connectivity index (χ2v) is 8.86. The fraction of sp³-hybridized carbons (Fsp3) is 0.385. The minimum absolute atomic E-state index is 0.0389. The van der Waals surface area contributed by atoms with Crippen molar-refractivity contribution in [2.75, 3.05) is 38.8 Å². The lowest BCUT2D eigenvalue weighted by Gasteiger charge is -2.28. The zero-order chi connectivity index (χ0) is 25.7. The number of carbonyl (C=O) groups is 2. The molecule has 0 unspecified atom stereocenters. The zero-order valence-corrected chi connectivity index (χ0v) is 21.0. The van der Waals surface area contributed by atoms with Crippen molar-refractivity contribution in [3.05, 3.63) is 59.9 Å². The van der Waals surface area contributed by atoms with Crippen LogP contribution in [0.25, 0.3) is 11.0 Å². The number of nitrogens with zero attached hydrogens (tertiary/aromatic N) is 5. The van der Waals surface area contributed by atoms with Gasteiger partial charge in [0.1, 0.15) is 11.3 Å². The molecule has 4 rings (SSSR count). The van der Waals surface area contributed by atoms with Crippen LogP contribution in [0.1, 0.15) is 41.4 Å². The number of pyridine rings is 1. The minimum atomic E-state index is -0.396. The van der Waals surface area contributed by atoms with Gasteiger partial charge in [0.25, 0.3) is 5.91 Å². The van der Waals surface area contributed by atoms with Crippen molar-refractivity contribution in [1.29, 1.82) is 0 Å². The van der Waals surface area contributed by atoms with E-state index in [0.717, 1.165) is 29.8 Å². The van der Waals surface area contributed by atoms with Gasteiger partial charge in [0.2, 0.25) is 11.9 Å². The molecule has 10 heteroatoms. The molecular formula is C26H33N7O3. The molecule has 0 radical (unpaired) electrons. The second-order valence-electron chi connectivity index (χ2n) is 8.86. The Kier molecular flexibility index (Phi) is 7.97. The van der Waals surface area contributed by atoms with Gasteiger partial charge in [-0.2, -0.15) is 0 Å². The van der Waals surface area contributed by atoms with Crippen molar-refractivity contribution in [3.8, 4) is 5.75 Å². The van der Waals surface area contributed by atoms with Crippen LogP contribution in [0.2, 0.25) is 0 Å². The maximum atomic E-state index is 13.4. The van der Waals surface area contributed by atoms with Crippen LogP contribution in [0.3, 0.4) is 0 Å². The first kappa shape index (κ1) is 25.3. The number of fused-ring (bicyclic) bond motifs is 1. The van der Waals surface area contributed by atoms with Crippen LogP contribution in [0.5, 0.6) is 5.75 Å². The summed E-state index contributed by atoms with van der Waals surface area (Å²) in [7, 11) is 3.44. The number of hydrazine groups is 1. The number of likely N-dealkylation sites (tertiary alicyclic amines) is 1. The number of methoxy groups -OCH3 is 1. The molecule has 3 heterocycles. The molecule has 0 aliphatic carbocycles. The monoisotopic (exact) mass is 491 g/mol. The highest BCUT2D eigenvalue weighted by Crippen LogP contribution is 2.36. The highest BCUT2D eigenvalue weighted by molar-refractivity contribution is 6.05. The second kappa shape index (κ2) is 11.3. The van der Waals surface area contributed by atoms with Crippen LogP contribution in [-0.4, -0.2) is 65.0 Å². The predicted octanol–water partition coefficient (Wildman–Crippen LogP) is 2.60. The average Bonchev–Trinajstić information content (AvgIpc) is 3.11. The number of nitrogens with one attached hydrogen (secondary N) is 1. The Hall–Kier alpha value is -3.76. The molecule has 2 aromatic heterocycles. The molecule has 1 fully saturated rings. The molecule has 1 aliphatic rings. The Labute approximate surface area is 210 Å². The maximum Gasteiger partial charge on any atom is 0.275 e. The highest BCUT2D eigenvalue weighted by Gasteiger charge is 2.30. The number of aryl methyl sites for hydroxylation is 1. The molecule has 1 saturated heterocycles. The van der Waals surface area contributed by atoms with Gasteiger partial charge in [-0.15, -0.1) is 0 Å². The number of rotatable bonds is 7. The number of anilines is 1. The van der Waals surface area contributed by atoms with Gasteiger partial charge in [-0.05, 0) is 57.5 Å². The number of hydrogen-bond acceptors (Lipinski definition) is 7. The summed E-state index contributed by atoms with van der Waals surface area (Å²) in [6.45, 7) is 3.57. The number of ether oxygens (including phenoxy) is 1. The first-order chi connectivity index (χ1) is 17.4. The van der Waals surface area contributed by atoms with E-state index in [4.69, 9.17) is 15.6 Å². The molecule has 1 atom stereocenters. The lowest BCUT2D eigenvalue weighted by Crippen LogP contribution is -2.41. The van der Waals surface area contributed by atoms with Gasteiger partial charge >= 0.3 is 0 Å². The first-order valence-corrected chi connectivity index (χ1v) is 12.1. The standard InChI is InChI=1S/C26H33N7O3/c1-18-16-19(12-14-29-18)25(35)33(27)26-30-21-9-6-10-22(36-3)24(21)32(26)20-8-4-5-15-31(17-20)23(34)11-7-13-28-2/h6-7,9-12,14,16,20,28H,4-5,8,13,15,17,27H2,1-3H3/b11-7+/t20-/m1/s1. The molecule has 0 saturated carbocycles. The van der Waals surface area contributed by atoms with E-state index in [1.54, 1.807) is 31.5 Å². The van der Waals surface area contributed by atoms with E-state index < -0.39 is 5.91 Å². The molecule has 2 amide bonds. The van der Waals surface area contributed by atoms with Crippen LogP contribution in [0.4, 0.5) is 5.95 Å². The topological polar surface area (TPSA) is 119 Å². The fourth-order valence-electron chi connectivity index (χ4n) is 4.61. The van der Waals surface area contributed by atoms with Crippen molar-refractivity contribution >= 4 is 28.8 Å². The van der Waals surface area contributed by atoms with Crippen LogP contribution < -0.4 is 20.9 Å². The van der Waals surface area contributed by atoms with Crippen molar-refractivity contribution in [2.45, 2.75) is 32.2 Å². The average molecular weight is 492 g/mol. The summed E-state index contributed by atoms with van der Waals surface area (Å²) in [4.78, 5) is 37.1. The summed E-state index contributed by atoms with van der Waals surface area (Å²) in [5.74, 6) is 6.94. The van der Waals surface area contributed by atoms with Gasteiger partial charge in [-0.25, -0.2) is 15.8 Å². The number of nitrogens with two attached hydrogens (primary N) is 1. The van der Waals surface area contributed by atoms with Gasteiger partial charge in [-0.1, -0.05) is 12.1 Å². The molecule has 36 heavy (non-hydrogen) atoms. The number of para-hydroxylation sites is 1. The first-order valence-electron chi connectivity index (χ1n) is 12.1. The third-order valence-corrected chi connectivity index (χ3v) is 6.36. The van der Waals surface area contributed by atoms with E-state index in [2.05, 4.69) is 10.3 Å². The predicted molar refractivity (Wildman–Crippen MR) is 139 cm³/mol. The van der Waals surface area contributed by atoms with Crippen LogP contribution in [0.15, 0.2) is 48.7 Å². The molecule has 0 spiro atoms. The van der Waals surface area contributed by atoms with Crippen molar-refractivity contribution < 1.29 is 14.3 Å². The van der Waals surface area contributed by atoms with Gasteiger partial charge in [0.15, 0.2) is 0 Å². The quantitative estimate of drug-likeness (QED) is 0.226. The van der Waals surface area contributed by atoms with Gasteiger partial charge < -0.3 is 19.5 Å². The summed E-state index contributed by atoms with van der Waals surface area (Å²) in [6.07, 6.45) is 7.63. The molecule has 1 aromatic carbocycles. The third-order valence-electron chi connectivity index (χ3n) is 6.36. The molecule has 10 nitrogen and oxygen atoms in total. The van der Waals surface area contributed by atoms with Crippen molar-refractivity contribution in [1.82, 2.24) is 24.8 Å². The SMILES string of the molecule is CNC/C=C/C(=O)N1CCCC[C@@H](n2c(N(N)C(=O)c3ccnc(C)c3)nc3cccc(OC)c32)C1.